The Morgan fingerprint density at radius 3 is 2.89 bits per heavy atom. The molecule has 3 nitrogen and oxygen atoms in total. The SMILES string of the molecule is CC(C)COc1ccc2c(c1)CCC(C(=O)O)C2. The van der Waals surface area contributed by atoms with E-state index < -0.39 is 5.97 Å². The Morgan fingerprint density at radius 1 is 1.44 bits per heavy atom. The zero-order chi connectivity index (χ0) is 13.1. The lowest BCUT2D eigenvalue weighted by Gasteiger charge is -2.22. The van der Waals surface area contributed by atoms with Crippen molar-refractivity contribution < 1.29 is 14.6 Å². The van der Waals surface area contributed by atoms with Gasteiger partial charge in [0.2, 0.25) is 0 Å². The van der Waals surface area contributed by atoms with Gasteiger partial charge < -0.3 is 9.84 Å². The Kier molecular flexibility index (Phi) is 3.90. The number of carboxylic acid groups (broad SMARTS) is 1. The van der Waals surface area contributed by atoms with Crippen LogP contribution in [0.15, 0.2) is 18.2 Å². The molecule has 0 heterocycles. The van der Waals surface area contributed by atoms with Gasteiger partial charge in [-0.25, -0.2) is 0 Å². The molecule has 0 fully saturated rings. The van der Waals surface area contributed by atoms with Crippen molar-refractivity contribution in [3.63, 3.8) is 0 Å². The topological polar surface area (TPSA) is 46.5 Å². The first-order valence-corrected chi connectivity index (χ1v) is 6.53. The fraction of sp³-hybridized carbons (Fsp3) is 0.533. The monoisotopic (exact) mass is 248 g/mol. The molecule has 0 bridgehead atoms. The summed E-state index contributed by atoms with van der Waals surface area (Å²) in [6.45, 7) is 4.96. The Bertz CT molecular complexity index is 437. The first-order chi connectivity index (χ1) is 8.56. The molecular formula is C15H20O3. The van der Waals surface area contributed by atoms with Crippen molar-refractivity contribution in [2.24, 2.45) is 11.8 Å². The fourth-order valence-corrected chi connectivity index (χ4v) is 2.29. The molecule has 98 valence electrons. The molecule has 1 aliphatic carbocycles. The molecule has 18 heavy (non-hydrogen) atoms. The summed E-state index contributed by atoms with van der Waals surface area (Å²) in [4.78, 5) is 11.0. The first-order valence-electron chi connectivity index (χ1n) is 6.53. The lowest BCUT2D eigenvalue weighted by atomic mass is 9.84. The molecule has 1 atom stereocenters. The van der Waals surface area contributed by atoms with Crippen LogP contribution in [-0.2, 0) is 17.6 Å². The smallest absolute Gasteiger partial charge is 0.306 e. The highest BCUT2D eigenvalue weighted by Crippen LogP contribution is 2.28. The Morgan fingerprint density at radius 2 is 2.22 bits per heavy atom. The van der Waals surface area contributed by atoms with E-state index in [0.29, 0.717) is 12.3 Å². The number of fused-ring (bicyclic) bond motifs is 1. The van der Waals surface area contributed by atoms with Crippen LogP contribution < -0.4 is 4.74 Å². The summed E-state index contributed by atoms with van der Waals surface area (Å²) in [5.41, 5.74) is 2.40. The third-order valence-corrected chi connectivity index (χ3v) is 3.34. The molecule has 0 aromatic heterocycles. The van der Waals surface area contributed by atoms with Crippen LogP contribution >= 0.6 is 0 Å². The minimum atomic E-state index is -0.680. The second-order valence-electron chi connectivity index (χ2n) is 5.41. The van der Waals surface area contributed by atoms with Crippen LogP contribution in [0.5, 0.6) is 5.75 Å². The van der Waals surface area contributed by atoms with Crippen molar-refractivity contribution in [3.8, 4) is 5.75 Å². The second kappa shape index (κ2) is 5.42. The number of carboxylic acids is 1. The summed E-state index contributed by atoms with van der Waals surface area (Å²) < 4.78 is 5.69. The zero-order valence-corrected chi connectivity index (χ0v) is 11.0. The largest absolute Gasteiger partial charge is 0.493 e. The molecule has 1 aliphatic rings. The molecule has 1 aromatic carbocycles. The van der Waals surface area contributed by atoms with Crippen molar-refractivity contribution >= 4 is 5.97 Å². The lowest BCUT2D eigenvalue weighted by molar-refractivity contribution is -0.142. The molecule has 1 unspecified atom stereocenters. The fourth-order valence-electron chi connectivity index (χ4n) is 2.29. The van der Waals surface area contributed by atoms with Gasteiger partial charge in [-0.15, -0.1) is 0 Å². The van der Waals surface area contributed by atoms with Gasteiger partial charge in [0.1, 0.15) is 5.75 Å². The number of benzene rings is 1. The van der Waals surface area contributed by atoms with Gasteiger partial charge in [-0.05, 0) is 48.4 Å². The maximum Gasteiger partial charge on any atom is 0.306 e. The van der Waals surface area contributed by atoms with Crippen LogP contribution in [-0.4, -0.2) is 17.7 Å². The van der Waals surface area contributed by atoms with Crippen LogP contribution in [0.25, 0.3) is 0 Å². The van der Waals surface area contributed by atoms with Crippen molar-refractivity contribution in [3.05, 3.63) is 29.3 Å². The molecule has 0 spiro atoms. The normalized spacial score (nSPS) is 18.5. The quantitative estimate of drug-likeness (QED) is 0.891. The van der Waals surface area contributed by atoms with Crippen molar-refractivity contribution in [2.45, 2.75) is 33.1 Å². The summed E-state index contributed by atoms with van der Waals surface area (Å²) in [5, 5.41) is 9.04. The average molecular weight is 248 g/mol. The highest BCUT2D eigenvalue weighted by molar-refractivity contribution is 5.71. The minimum absolute atomic E-state index is 0.222. The minimum Gasteiger partial charge on any atom is -0.493 e. The van der Waals surface area contributed by atoms with Gasteiger partial charge in [-0.1, -0.05) is 19.9 Å². The molecule has 0 radical (unpaired) electrons. The number of hydrogen-bond donors (Lipinski definition) is 1. The number of rotatable bonds is 4. The van der Waals surface area contributed by atoms with Gasteiger partial charge in [0.15, 0.2) is 0 Å². The molecule has 2 rings (SSSR count). The average Bonchev–Trinajstić information content (AvgIpc) is 2.35. The third kappa shape index (κ3) is 3.03. The van der Waals surface area contributed by atoms with Crippen molar-refractivity contribution in [1.29, 1.82) is 0 Å². The van der Waals surface area contributed by atoms with Gasteiger partial charge in [0.25, 0.3) is 0 Å². The standard InChI is InChI=1S/C15H20O3/c1-10(2)9-18-14-6-5-11-7-13(15(16)17)4-3-12(11)8-14/h5-6,8,10,13H,3-4,7,9H2,1-2H3,(H,16,17). The van der Waals surface area contributed by atoms with Crippen LogP contribution in [0.2, 0.25) is 0 Å². The van der Waals surface area contributed by atoms with Crippen molar-refractivity contribution in [1.82, 2.24) is 0 Å². The Hall–Kier alpha value is -1.51. The van der Waals surface area contributed by atoms with Gasteiger partial charge in [-0.3, -0.25) is 4.79 Å². The number of aliphatic carboxylic acids is 1. The van der Waals surface area contributed by atoms with E-state index in [4.69, 9.17) is 9.84 Å². The summed E-state index contributed by atoms with van der Waals surface area (Å²) in [6.07, 6.45) is 2.22. The predicted molar refractivity (Wildman–Crippen MR) is 69.9 cm³/mol. The molecule has 0 amide bonds. The molecule has 0 saturated heterocycles. The second-order valence-corrected chi connectivity index (χ2v) is 5.41. The first kappa shape index (κ1) is 12.9. The maximum atomic E-state index is 11.0. The van der Waals surface area contributed by atoms with Gasteiger partial charge in [0, 0.05) is 0 Å². The maximum absolute atomic E-state index is 11.0. The van der Waals surface area contributed by atoms with Crippen LogP contribution in [0.3, 0.4) is 0 Å². The predicted octanol–water partition coefficient (Wildman–Crippen LogP) is 2.91. The highest BCUT2D eigenvalue weighted by atomic mass is 16.5. The molecular weight excluding hydrogens is 228 g/mol. The molecule has 0 aliphatic heterocycles. The Labute approximate surface area is 108 Å². The number of hydrogen-bond acceptors (Lipinski definition) is 2. The third-order valence-electron chi connectivity index (χ3n) is 3.34. The molecule has 0 saturated carbocycles. The van der Waals surface area contributed by atoms with E-state index in [1.165, 1.54) is 5.56 Å². The van der Waals surface area contributed by atoms with Gasteiger partial charge in [-0.2, -0.15) is 0 Å². The summed E-state index contributed by atoms with van der Waals surface area (Å²) in [5.74, 6) is 0.509. The molecule has 1 aromatic rings. The Balaban J connectivity index is 2.07. The summed E-state index contributed by atoms with van der Waals surface area (Å²) in [7, 11) is 0. The van der Waals surface area contributed by atoms with E-state index in [1.807, 2.05) is 12.1 Å². The van der Waals surface area contributed by atoms with Gasteiger partial charge >= 0.3 is 5.97 Å². The molecule has 3 heteroatoms. The van der Waals surface area contributed by atoms with Crippen molar-refractivity contribution in [2.75, 3.05) is 6.61 Å². The zero-order valence-electron chi connectivity index (χ0n) is 11.0. The van der Waals surface area contributed by atoms with Crippen LogP contribution in [0.1, 0.15) is 31.4 Å². The number of ether oxygens (including phenoxy) is 1. The van der Waals surface area contributed by atoms with E-state index in [-0.39, 0.29) is 5.92 Å². The summed E-state index contributed by atoms with van der Waals surface area (Å²) in [6, 6.07) is 6.03. The van der Waals surface area contributed by atoms with E-state index in [9.17, 15) is 4.79 Å². The number of carbonyl (C=O) groups is 1. The van der Waals surface area contributed by atoms with E-state index in [2.05, 4.69) is 19.9 Å². The lowest BCUT2D eigenvalue weighted by Crippen LogP contribution is -2.22. The van der Waals surface area contributed by atoms with E-state index in [0.717, 1.165) is 30.8 Å². The summed E-state index contributed by atoms with van der Waals surface area (Å²) >= 11 is 0. The van der Waals surface area contributed by atoms with Crippen LogP contribution in [0.4, 0.5) is 0 Å². The highest BCUT2D eigenvalue weighted by Gasteiger charge is 2.24. The molecule has 1 N–H and O–H groups in total. The van der Waals surface area contributed by atoms with E-state index >= 15 is 0 Å². The van der Waals surface area contributed by atoms with E-state index in [1.54, 1.807) is 0 Å². The van der Waals surface area contributed by atoms with Gasteiger partial charge in [0.05, 0.1) is 12.5 Å². The number of aryl methyl sites for hydroxylation is 1. The van der Waals surface area contributed by atoms with Crippen LogP contribution in [0, 0.1) is 11.8 Å².